The van der Waals surface area contributed by atoms with Crippen LogP contribution in [0.1, 0.15) is 6.42 Å². The molecule has 0 atom stereocenters. The highest BCUT2D eigenvalue weighted by molar-refractivity contribution is 7.93. The van der Waals surface area contributed by atoms with E-state index in [4.69, 9.17) is 5.26 Å². The van der Waals surface area contributed by atoms with Crippen molar-refractivity contribution in [3.05, 3.63) is 0 Å². The molecule has 0 aromatic carbocycles. The smallest absolute Gasteiger partial charge is 0.187 e. The molecule has 3 heteroatoms. The molecule has 2 nitrogen and oxygen atoms in total. The summed E-state index contributed by atoms with van der Waals surface area (Å²) >= 11 is -0.0478. The number of hydrogen-bond acceptors (Lipinski definition) is 2. The molecule has 6 heavy (non-hydrogen) atoms. The van der Waals surface area contributed by atoms with E-state index in [2.05, 4.69) is 4.33 Å². The fraction of sp³-hybridized carbons (Fsp3) is 1.00. The van der Waals surface area contributed by atoms with Gasteiger partial charge in [0, 0.05) is 6.42 Å². The van der Waals surface area contributed by atoms with Gasteiger partial charge in [-0.1, -0.05) is 0 Å². The SMILES string of the molecule is OO[S+]1CCC1. The maximum atomic E-state index is 7.90. The third kappa shape index (κ3) is 0.668. The van der Waals surface area contributed by atoms with Gasteiger partial charge in [0.1, 0.15) is 11.5 Å². The van der Waals surface area contributed by atoms with Crippen LogP contribution in [0, 0.1) is 0 Å². The van der Waals surface area contributed by atoms with E-state index in [9.17, 15) is 0 Å². The molecule has 0 amide bonds. The van der Waals surface area contributed by atoms with Gasteiger partial charge in [0.05, 0.1) is 0 Å². The van der Waals surface area contributed by atoms with Crippen LogP contribution in [-0.2, 0) is 15.5 Å². The lowest BCUT2D eigenvalue weighted by Gasteiger charge is -2.06. The third-order valence-electron chi connectivity index (χ3n) is 0.849. The molecular formula is C3H7O2S+. The monoisotopic (exact) mass is 107 g/mol. The summed E-state index contributed by atoms with van der Waals surface area (Å²) in [5, 5.41) is 7.90. The molecular weight excluding hydrogens is 100 g/mol. The maximum Gasteiger partial charge on any atom is 0.187 e. The van der Waals surface area contributed by atoms with Crippen LogP contribution < -0.4 is 0 Å². The molecule has 0 aromatic rings. The number of hydrogen-bond donors (Lipinski definition) is 1. The molecule has 36 valence electrons. The molecule has 1 saturated heterocycles. The first kappa shape index (κ1) is 4.43. The van der Waals surface area contributed by atoms with Crippen molar-refractivity contribution in [2.45, 2.75) is 6.42 Å². The Hall–Kier alpha value is 0.270. The van der Waals surface area contributed by atoms with Crippen LogP contribution >= 0.6 is 0 Å². The second kappa shape index (κ2) is 1.82. The van der Waals surface area contributed by atoms with Gasteiger partial charge in [-0.15, -0.1) is 0 Å². The lowest BCUT2D eigenvalue weighted by molar-refractivity contribution is -0.123. The van der Waals surface area contributed by atoms with Crippen LogP contribution in [0.3, 0.4) is 0 Å². The van der Waals surface area contributed by atoms with Crippen molar-refractivity contribution >= 4 is 11.2 Å². The van der Waals surface area contributed by atoms with E-state index in [0.717, 1.165) is 11.5 Å². The minimum atomic E-state index is -0.0478. The lowest BCUT2D eigenvalue weighted by atomic mass is 10.5. The quantitative estimate of drug-likeness (QED) is 0.299. The molecule has 0 aliphatic carbocycles. The van der Waals surface area contributed by atoms with E-state index in [1.165, 1.54) is 6.42 Å². The van der Waals surface area contributed by atoms with Crippen molar-refractivity contribution in [1.82, 2.24) is 0 Å². The minimum absolute atomic E-state index is 0.0478. The van der Waals surface area contributed by atoms with Crippen LogP contribution in [-0.4, -0.2) is 16.8 Å². The van der Waals surface area contributed by atoms with Crippen molar-refractivity contribution in [1.29, 1.82) is 0 Å². The van der Waals surface area contributed by atoms with Crippen LogP contribution in [0.15, 0.2) is 0 Å². The Kier molecular flexibility index (Phi) is 1.34. The Balaban J connectivity index is 2.01. The molecule has 0 saturated carbocycles. The zero-order valence-electron chi connectivity index (χ0n) is 3.39. The standard InChI is InChI=1S/C3H6O2S/c4-5-6-2-1-3-6/h1-3H2/p+1. The fourth-order valence-corrected chi connectivity index (χ4v) is 1.01. The van der Waals surface area contributed by atoms with E-state index in [-0.39, 0.29) is 11.2 Å². The summed E-state index contributed by atoms with van der Waals surface area (Å²) in [6.07, 6.45) is 1.23. The Morgan fingerprint density at radius 1 is 1.50 bits per heavy atom. The van der Waals surface area contributed by atoms with Crippen molar-refractivity contribution in [3.63, 3.8) is 0 Å². The van der Waals surface area contributed by atoms with Gasteiger partial charge in [0.15, 0.2) is 11.2 Å². The zero-order chi connectivity index (χ0) is 4.41. The summed E-state index contributed by atoms with van der Waals surface area (Å²) in [6.45, 7) is 0. The van der Waals surface area contributed by atoms with Crippen LogP contribution in [0.25, 0.3) is 0 Å². The lowest BCUT2D eigenvalue weighted by Crippen LogP contribution is -2.25. The van der Waals surface area contributed by atoms with Crippen LogP contribution in [0.5, 0.6) is 0 Å². The van der Waals surface area contributed by atoms with Gasteiger partial charge >= 0.3 is 0 Å². The van der Waals surface area contributed by atoms with Crippen molar-refractivity contribution in [2.75, 3.05) is 11.5 Å². The summed E-state index contributed by atoms with van der Waals surface area (Å²) < 4.78 is 4.01. The summed E-state index contributed by atoms with van der Waals surface area (Å²) in [5.41, 5.74) is 0. The summed E-state index contributed by atoms with van der Waals surface area (Å²) in [5.74, 6) is 2.13. The highest BCUT2D eigenvalue weighted by Crippen LogP contribution is 2.11. The molecule has 0 radical (unpaired) electrons. The topological polar surface area (TPSA) is 29.5 Å². The van der Waals surface area contributed by atoms with Gasteiger partial charge < -0.3 is 0 Å². The van der Waals surface area contributed by atoms with Crippen LogP contribution in [0.2, 0.25) is 0 Å². The molecule has 0 aromatic heterocycles. The molecule has 1 heterocycles. The molecule has 1 fully saturated rings. The highest BCUT2D eigenvalue weighted by atomic mass is 32.2. The van der Waals surface area contributed by atoms with E-state index in [0.29, 0.717) is 0 Å². The third-order valence-corrected chi connectivity index (χ3v) is 2.55. The molecule has 0 bridgehead atoms. The van der Waals surface area contributed by atoms with E-state index in [1.54, 1.807) is 0 Å². The summed E-state index contributed by atoms with van der Waals surface area (Å²) in [7, 11) is 0. The average Bonchev–Trinajstić information content (AvgIpc) is 1.31. The summed E-state index contributed by atoms with van der Waals surface area (Å²) in [4.78, 5) is 0. The van der Waals surface area contributed by atoms with Gasteiger partial charge in [-0.3, -0.25) is 0 Å². The molecule has 0 spiro atoms. The van der Waals surface area contributed by atoms with Gasteiger partial charge in [0.25, 0.3) is 0 Å². The first-order valence-electron chi connectivity index (χ1n) is 1.93. The zero-order valence-corrected chi connectivity index (χ0v) is 4.20. The molecule has 1 aliphatic heterocycles. The van der Waals surface area contributed by atoms with E-state index >= 15 is 0 Å². The van der Waals surface area contributed by atoms with Crippen molar-refractivity contribution in [3.8, 4) is 0 Å². The first-order chi connectivity index (χ1) is 2.93. The largest absolute Gasteiger partial charge is 0.204 e. The predicted molar refractivity (Wildman–Crippen MR) is 25.4 cm³/mol. The Morgan fingerprint density at radius 3 is 2.17 bits per heavy atom. The fourth-order valence-electron chi connectivity index (χ4n) is 0.337. The van der Waals surface area contributed by atoms with E-state index < -0.39 is 0 Å². The first-order valence-corrected chi connectivity index (χ1v) is 3.41. The van der Waals surface area contributed by atoms with Crippen LogP contribution in [0.4, 0.5) is 0 Å². The summed E-state index contributed by atoms with van der Waals surface area (Å²) in [6, 6.07) is 0. The van der Waals surface area contributed by atoms with Gasteiger partial charge in [-0.05, 0) is 4.33 Å². The van der Waals surface area contributed by atoms with Crippen molar-refractivity contribution in [2.24, 2.45) is 0 Å². The Labute approximate surface area is 39.6 Å². The van der Waals surface area contributed by atoms with E-state index in [1.807, 2.05) is 0 Å². The highest BCUT2D eigenvalue weighted by Gasteiger charge is 2.30. The molecule has 0 unspecified atom stereocenters. The molecule has 1 aliphatic rings. The Bertz CT molecular complexity index is 41.3. The minimum Gasteiger partial charge on any atom is -0.204 e. The second-order valence-corrected chi connectivity index (χ2v) is 3.12. The second-order valence-electron chi connectivity index (χ2n) is 1.28. The molecule has 1 N–H and O–H groups in total. The predicted octanol–water partition coefficient (Wildman–Crippen LogP) is 0.413. The Morgan fingerprint density at radius 2 is 2.17 bits per heavy atom. The van der Waals surface area contributed by atoms with Gasteiger partial charge in [-0.2, -0.15) is 0 Å². The molecule has 1 rings (SSSR count). The van der Waals surface area contributed by atoms with Crippen molar-refractivity contribution < 1.29 is 9.59 Å². The number of rotatable bonds is 1. The maximum absolute atomic E-state index is 7.90. The average molecular weight is 107 g/mol. The normalized spacial score (nSPS) is 23.5. The van der Waals surface area contributed by atoms with Gasteiger partial charge in [-0.25, -0.2) is 5.26 Å². The van der Waals surface area contributed by atoms with Gasteiger partial charge in [0.2, 0.25) is 0 Å².